The third-order valence-corrected chi connectivity index (χ3v) is 5.45. The van der Waals surface area contributed by atoms with Crippen LogP contribution in [0.15, 0.2) is 42.5 Å². The molecule has 27 heavy (non-hydrogen) atoms. The summed E-state index contributed by atoms with van der Waals surface area (Å²) in [7, 11) is 0. The quantitative estimate of drug-likeness (QED) is 0.567. The Morgan fingerprint density at radius 1 is 1.15 bits per heavy atom. The lowest BCUT2D eigenvalue weighted by molar-refractivity contribution is 0.0166. The van der Waals surface area contributed by atoms with E-state index in [2.05, 4.69) is 59.3 Å². The number of nitrogens with zero attached hydrogens (tertiary/aromatic N) is 1. The maximum atomic E-state index is 5.72. The first-order chi connectivity index (χ1) is 13.4. The zero-order chi connectivity index (χ0) is 18.5. The van der Waals surface area contributed by atoms with Gasteiger partial charge in [0.05, 0.1) is 12.7 Å². The van der Waals surface area contributed by atoms with Crippen molar-refractivity contribution >= 4 is 21.8 Å². The van der Waals surface area contributed by atoms with Gasteiger partial charge in [0.25, 0.3) is 0 Å². The van der Waals surface area contributed by atoms with Crippen LogP contribution in [0.5, 0.6) is 0 Å². The van der Waals surface area contributed by atoms with Crippen LogP contribution in [0.1, 0.15) is 31.7 Å². The van der Waals surface area contributed by atoms with Crippen LogP contribution in [0.3, 0.4) is 0 Å². The molecule has 144 valence electrons. The zero-order valence-electron chi connectivity index (χ0n) is 16.2. The summed E-state index contributed by atoms with van der Waals surface area (Å²) < 4.78 is 13.7. The van der Waals surface area contributed by atoms with E-state index < -0.39 is 0 Å². The minimum atomic E-state index is 0.329. The Morgan fingerprint density at radius 3 is 2.89 bits per heavy atom. The number of ether oxygens (including phenoxy) is 2. The van der Waals surface area contributed by atoms with Crippen LogP contribution in [0, 0.1) is 0 Å². The molecule has 1 atom stereocenters. The Balaban J connectivity index is 1.30. The largest absolute Gasteiger partial charge is 0.379 e. The lowest BCUT2D eigenvalue weighted by atomic mass is 10.1. The fourth-order valence-corrected chi connectivity index (χ4v) is 4.07. The molecule has 0 bridgehead atoms. The number of para-hydroxylation sites is 1. The smallest absolute Gasteiger partial charge is 0.0809 e. The lowest BCUT2D eigenvalue weighted by Crippen LogP contribution is -2.19. The lowest BCUT2D eigenvalue weighted by Gasteiger charge is -2.10. The molecule has 0 aliphatic carbocycles. The number of rotatable bonds is 9. The van der Waals surface area contributed by atoms with E-state index in [0.717, 1.165) is 52.3 Å². The van der Waals surface area contributed by atoms with E-state index in [4.69, 9.17) is 9.47 Å². The van der Waals surface area contributed by atoms with Crippen LogP contribution in [0.25, 0.3) is 21.8 Å². The van der Waals surface area contributed by atoms with Gasteiger partial charge in [0, 0.05) is 48.1 Å². The van der Waals surface area contributed by atoms with Crippen molar-refractivity contribution in [3.63, 3.8) is 0 Å². The summed E-state index contributed by atoms with van der Waals surface area (Å²) in [4.78, 5) is 0. The van der Waals surface area contributed by atoms with Gasteiger partial charge in [-0.15, -0.1) is 0 Å². The van der Waals surface area contributed by atoms with Crippen molar-refractivity contribution in [2.24, 2.45) is 0 Å². The molecule has 0 spiro atoms. The molecule has 1 fully saturated rings. The fraction of sp³-hybridized carbons (Fsp3) is 0.478. The first-order valence-corrected chi connectivity index (χ1v) is 10.3. The second-order valence-corrected chi connectivity index (χ2v) is 7.35. The molecule has 3 aromatic rings. The van der Waals surface area contributed by atoms with Gasteiger partial charge in [-0.25, -0.2) is 0 Å². The van der Waals surface area contributed by atoms with Crippen molar-refractivity contribution in [2.75, 3.05) is 26.4 Å². The molecular formula is C23H30N2O2. The summed E-state index contributed by atoms with van der Waals surface area (Å²) in [6.45, 7) is 7.52. The second kappa shape index (κ2) is 8.87. The van der Waals surface area contributed by atoms with Crippen LogP contribution in [-0.2, 0) is 22.6 Å². The van der Waals surface area contributed by atoms with Crippen LogP contribution in [0.2, 0.25) is 0 Å². The molecule has 2 aromatic carbocycles. The predicted molar refractivity (Wildman–Crippen MR) is 111 cm³/mol. The Labute approximate surface area is 161 Å². The standard InChI is InChI=1S/C23H30N2O2/c1-2-25-22-9-4-3-8-20(22)21-15-18(10-11-23(21)25)16-24-12-6-13-26-17-19-7-5-14-27-19/h3-4,8-11,15,19,24H,2,5-7,12-14,16-17H2,1H3. The average Bonchev–Trinajstić information content (AvgIpc) is 3.33. The SMILES string of the molecule is CCn1c2ccccc2c2cc(CNCCCOCC3CCCO3)ccc21. The Bertz CT molecular complexity index is 881. The molecule has 1 aromatic heterocycles. The summed E-state index contributed by atoms with van der Waals surface area (Å²) >= 11 is 0. The third-order valence-electron chi connectivity index (χ3n) is 5.45. The van der Waals surface area contributed by atoms with Gasteiger partial charge >= 0.3 is 0 Å². The molecule has 1 N–H and O–H groups in total. The third kappa shape index (κ3) is 4.18. The molecule has 2 heterocycles. The normalized spacial score (nSPS) is 17.3. The van der Waals surface area contributed by atoms with E-state index in [-0.39, 0.29) is 0 Å². The summed E-state index contributed by atoms with van der Waals surface area (Å²) in [5, 5.41) is 6.25. The molecule has 0 saturated carbocycles. The maximum Gasteiger partial charge on any atom is 0.0809 e. The minimum Gasteiger partial charge on any atom is -0.379 e. The molecule has 4 nitrogen and oxygen atoms in total. The van der Waals surface area contributed by atoms with E-state index in [0.29, 0.717) is 6.10 Å². The van der Waals surface area contributed by atoms with E-state index in [1.807, 2.05) is 0 Å². The number of benzene rings is 2. The Hall–Kier alpha value is -1.88. The number of fused-ring (bicyclic) bond motifs is 3. The van der Waals surface area contributed by atoms with Gasteiger partial charge < -0.3 is 19.4 Å². The molecule has 0 radical (unpaired) electrons. The number of aromatic nitrogens is 1. The minimum absolute atomic E-state index is 0.329. The molecule has 0 amide bonds. The highest BCUT2D eigenvalue weighted by Gasteiger charge is 2.14. The number of nitrogens with one attached hydrogen (secondary N) is 1. The fourth-order valence-electron chi connectivity index (χ4n) is 4.07. The van der Waals surface area contributed by atoms with Gasteiger partial charge in [-0.2, -0.15) is 0 Å². The van der Waals surface area contributed by atoms with Gasteiger partial charge in [0.1, 0.15) is 0 Å². The van der Waals surface area contributed by atoms with Crippen molar-refractivity contribution < 1.29 is 9.47 Å². The van der Waals surface area contributed by atoms with Crippen LogP contribution in [-0.4, -0.2) is 37.0 Å². The highest BCUT2D eigenvalue weighted by Crippen LogP contribution is 2.29. The first kappa shape index (κ1) is 18.5. The van der Waals surface area contributed by atoms with Crippen molar-refractivity contribution in [3.8, 4) is 0 Å². The monoisotopic (exact) mass is 366 g/mol. The van der Waals surface area contributed by atoms with Crippen molar-refractivity contribution in [3.05, 3.63) is 48.0 Å². The highest BCUT2D eigenvalue weighted by atomic mass is 16.5. The molecule has 1 aliphatic rings. The van der Waals surface area contributed by atoms with E-state index in [9.17, 15) is 0 Å². The van der Waals surface area contributed by atoms with Crippen LogP contribution >= 0.6 is 0 Å². The second-order valence-electron chi connectivity index (χ2n) is 7.35. The molecular weight excluding hydrogens is 336 g/mol. The van der Waals surface area contributed by atoms with Crippen molar-refractivity contribution in [1.29, 1.82) is 0 Å². The molecule has 1 saturated heterocycles. The molecule has 1 aliphatic heterocycles. The highest BCUT2D eigenvalue weighted by molar-refractivity contribution is 6.08. The van der Waals surface area contributed by atoms with E-state index in [1.54, 1.807) is 0 Å². The number of hydrogen-bond acceptors (Lipinski definition) is 3. The predicted octanol–water partition coefficient (Wildman–Crippen LogP) is 4.49. The summed E-state index contributed by atoms with van der Waals surface area (Å²) in [6, 6.07) is 15.5. The van der Waals surface area contributed by atoms with Crippen molar-refractivity contribution in [1.82, 2.24) is 9.88 Å². The van der Waals surface area contributed by atoms with Crippen molar-refractivity contribution in [2.45, 2.75) is 45.4 Å². The van der Waals surface area contributed by atoms with Gasteiger partial charge in [-0.3, -0.25) is 0 Å². The molecule has 4 rings (SSSR count). The van der Waals surface area contributed by atoms with E-state index >= 15 is 0 Å². The molecule has 4 heteroatoms. The first-order valence-electron chi connectivity index (χ1n) is 10.3. The Morgan fingerprint density at radius 2 is 2.04 bits per heavy atom. The number of hydrogen-bond donors (Lipinski definition) is 1. The summed E-state index contributed by atoms with van der Waals surface area (Å²) in [5.41, 5.74) is 3.98. The van der Waals surface area contributed by atoms with Crippen LogP contribution in [0.4, 0.5) is 0 Å². The Kier molecular flexibility index (Phi) is 6.07. The van der Waals surface area contributed by atoms with Crippen LogP contribution < -0.4 is 5.32 Å². The number of aryl methyl sites for hydroxylation is 1. The van der Waals surface area contributed by atoms with Gasteiger partial charge in [-0.1, -0.05) is 24.3 Å². The van der Waals surface area contributed by atoms with E-state index in [1.165, 1.54) is 33.8 Å². The topological polar surface area (TPSA) is 35.4 Å². The zero-order valence-corrected chi connectivity index (χ0v) is 16.2. The van der Waals surface area contributed by atoms with Gasteiger partial charge in [-0.05, 0) is 56.5 Å². The summed E-state index contributed by atoms with van der Waals surface area (Å²) in [5.74, 6) is 0. The van der Waals surface area contributed by atoms with Gasteiger partial charge in [0.2, 0.25) is 0 Å². The average molecular weight is 367 g/mol. The molecule has 1 unspecified atom stereocenters. The summed E-state index contributed by atoms with van der Waals surface area (Å²) in [6.07, 6.45) is 3.69. The van der Waals surface area contributed by atoms with Gasteiger partial charge in [0.15, 0.2) is 0 Å². The maximum absolute atomic E-state index is 5.72.